The molecule has 0 saturated carbocycles. The third kappa shape index (κ3) is 6.41. The number of unbranched alkanes of at least 4 members (excludes halogenated alkanes) is 2. The molecule has 2 aliphatic heterocycles. The van der Waals surface area contributed by atoms with Crippen LogP contribution in [0.5, 0.6) is 5.88 Å². The Bertz CT molecular complexity index is 1110. The smallest absolute Gasteiger partial charge is 0.255 e. The highest BCUT2D eigenvalue weighted by Gasteiger charge is 2.46. The van der Waals surface area contributed by atoms with Crippen LogP contribution in [0, 0.1) is 13.8 Å². The normalized spacial score (nSPS) is 22.1. The molecule has 1 saturated heterocycles. The lowest BCUT2D eigenvalue weighted by atomic mass is 9.86. The molecule has 39 heavy (non-hydrogen) atoms. The number of aryl methyl sites for hydroxylation is 2. The van der Waals surface area contributed by atoms with E-state index in [1.807, 2.05) is 24.8 Å². The number of anilines is 1. The molecule has 2 aromatic rings. The van der Waals surface area contributed by atoms with Gasteiger partial charge in [-0.1, -0.05) is 44.9 Å². The molecule has 1 aromatic carbocycles. The molecule has 2 N–H and O–H groups in total. The lowest BCUT2D eigenvalue weighted by Crippen LogP contribution is -2.54. The number of hydrogen-bond acceptors (Lipinski definition) is 6. The summed E-state index contributed by atoms with van der Waals surface area (Å²) in [7, 11) is 0. The molecule has 1 amide bonds. The van der Waals surface area contributed by atoms with Gasteiger partial charge in [0.05, 0.1) is 11.6 Å². The number of aromatic nitrogens is 1. The van der Waals surface area contributed by atoms with Gasteiger partial charge < -0.3 is 20.1 Å². The van der Waals surface area contributed by atoms with Gasteiger partial charge in [-0.15, -0.1) is 0 Å². The van der Waals surface area contributed by atoms with Crippen molar-refractivity contribution in [2.24, 2.45) is 0 Å². The van der Waals surface area contributed by atoms with Crippen LogP contribution < -0.4 is 10.1 Å². The fraction of sp³-hybridized carbons (Fsp3) is 0.625. The molecule has 0 radical (unpaired) electrons. The van der Waals surface area contributed by atoms with E-state index in [0.29, 0.717) is 11.4 Å². The number of aliphatic hydroxyl groups excluding tert-OH is 1. The summed E-state index contributed by atoms with van der Waals surface area (Å²) >= 11 is 0. The monoisotopic (exact) mass is 536 g/mol. The summed E-state index contributed by atoms with van der Waals surface area (Å²) in [4.78, 5) is 22.9. The Kier molecular flexibility index (Phi) is 9.55. The number of rotatable bonds is 11. The van der Waals surface area contributed by atoms with Crippen LogP contribution in [0.25, 0.3) is 0 Å². The summed E-state index contributed by atoms with van der Waals surface area (Å²) in [6.07, 6.45) is 7.17. The first-order valence-electron chi connectivity index (χ1n) is 14.9. The van der Waals surface area contributed by atoms with Crippen molar-refractivity contribution in [1.82, 2.24) is 14.8 Å². The van der Waals surface area contributed by atoms with Gasteiger partial charge in [0.25, 0.3) is 5.91 Å². The number of amides is 1. The number of nitrogens with one attached hydrogen (secondary N) is 1. The lowest BCUT2D eigenvalue weighted by molar-refractivity contribution is -0.0963. The highest BCUT2D eigenvalue weighted by atomic mass is 16.5. The minimum absolute atomic E-state index is 0.00263. The molecular formula is C32H48N4O3. The van der Waals surface area contributed by atoms with E-state index in [4.69, 9.17) is 4.74 Å². The second-order valence-electron chi connectivity index (χ2n) is 11.9. The van der Waals surface area contributed by atoms with E-state index in [9.17, 15) is 9.90 Å². The fourth-order valence-electron chi connectivity index (χ4n) is 6.05. The number of aliphatic hydroxyl groups is 1. The van der Waals surface area contributed by atoms with Gasteiger partial charge in [0, 0.05) is 36.6 Å². The van der Waals surface area contributed by atoms with E-state index in [0.717, 1.165) is 76.0 Å². The molecule has 0 aliphatic carbocycles. The van der Waals surface area contributed by atoms with Crippen molar-refractivity contribution in [3.05, 3.63) is 52.7 Å². The molecule has 7 nitrogen and oxygen atoms in total. The van der Waals surface area contributed by atoms with Crippen molar-refractivity contribution in [2.45, 2.75) is 104 Å². The number of pyridine rings is 1. The number of ether oxygens (including phenoxy) is 1. The summed E-state index contributed by atoms with van der Waals surface area (Å²) < 4.78 is 6.19. The molecular weight excluding hydrogens is 488 g/mol. The molecule has 2 aliphatic rings. The lowest BCUT2D eigenvalue weighted by Gasteiger charge is -2.46. The van der Waals surface area contributed by atoms with Crippen molar-refractivity contribution in [3.8, 4) is 5.88 Å². The summed E-state index contributed by atoms with van der Waals surface area (Å²) in [6, 6.07) is 8.10. The van der Waals surface area contributed by atoms with Crippen LogP contribution in [-0.2, 0) is 0 Å². The number of fused-ring (bicyclic) bond motifs is 1. The van der Waals surface area contributed by atoms with Gasteiger partial charge in [0.15, 0.2) is 0 Å². The van der Waals surface area contributed by atoms with Crippen molar-refractivity contribution in [2.75, 3.05) is 31.5 Å². The van der Waals surface area contributed by atoms with E-state index >= 15 is 0 Å². The number of nitrogens with zero attached hydrogens (tertiary/aromatic N) is 3. The molecule has 0 bridgehead atoms. The Labute approximate surface area is 234 Å². The van der Waals surface area contributed by atoms with E-state index in [-0.39, 0.29) is 18.0 Å². The van der Waals surface area contributed by atoms with Gasteiger partial charge in [0.1, 0.15) is 11.7 Å². The molecule has 0 spiro atoms. The van der Waals surface area contributed by atoms with Gasteiger partial charge >= 0.3 is 0 Å². The number of hydrogen-bond donors (Lipinski definition) is 2. The first kappa shape index (κ1) is 29.3. The van der Waals surface area contributed by atoms with Gasteiger partial charge in [-0.3, -0.25) is 9.69 Å². The predicted octanol–water partition coefficient (Wildman–Crippen LogP) is 5.89. The summed E-state index contributed by atoms with van der Waals surface area (Å²) in [5.74, 6) is 0.530. The highest BCUT2D eigenvalue weighted by molar-refractivity contribution is 5.94. The number of benzene rings is 1. The maximum Gasteiger partial charge on any atom is 0.255 e. The Morgan fingerprint density at radius 2 is 1.85 bits per heavy atom. The number of para-hydroxylation sites is 1. The third-order valence-corrected chi connectivity index (χ3v) is 8.44. The number of carbonyl (C=O) groups excluding carboxylic acids is 1. The maximum absolute atomic E-state index is 13.9. The first-order valence-corrected chi connectivity index (χ1v) is 14.9. The Morgan fingerprint density at radius 1 is 1.18 bits per heavy atom. The van der Waals surface area contributed by atoms with E-state index in [1.54, 1.807) is 6.20 Å². The zero-order chi connectivity index (χ0) is 28.2. The van der Waals surface area contributed by atoms with Crippen LogP contribution >= 0.6 is 0 Å². The van der Waals surface area contributed by atoms with Gasteiger partial charge in [0.2, 0.25) is 5.88 Å². The molecule has 7 heteroatoms. The Balaban J connectivity index is 1.59. The second kappa shape index (κ2) is 12.7. The second-order valence-corrected chi connectivity index (χ2v) is 11.9. The Hall–Kier alpha value is -2.64. The van der Waals surface area contributed by atoms with Gasteiger partial charge in [-0.25, -0.2) is 4.98 Å². The predicted molar refractivity (Wildman–Crippen MR) is 158 cm³/mol. The minimum atomic E-state index is -0.772. The average molecular weight is 537 g/mol. The van der Waals surface area contributed by atoms with Gasteiger partial charge in [-0.05, 0) is 83.7 Å². The summed E-state index contributed by atoms with van der Waals surface area (Å²) in [5.41, 5.74) is 4.21. The van der Waals surface area contributed by atoms with Crippen molar-refractivity contribution in [1.29, 1.82) is 0 Å². The summed E-state index contributed by atoms with van der Waals surface area (Å²) in [6.45, 7) is 15.7. The fourth-order valence-corrected chi connectivity index (χ4v) is 6.05. The van der Waals surface area contributed by atoms with E-state index in [1.165, 1.54) is 11.1 Å². The number of carbonyl (C=O) groups is 1. The van der Waals surface area contributed by atoms with Crippen LogP contribution in [0.1, 0.15) is 99.3 Å². The quantitative estimate of drug-likeness (QED) is 0.373. The van der Waals surface area contributed by atoms with Crippen LogP contribution in [0.15, 0.2) is 30.5 Å². The number of likely N-dealkylation sites (tertiary alicyclic amines) is 1. The minimum Gasteiger partial charge on any atom is -0.469 e. The van der Waals surface area contributed by atoms with Crippen LogP contribution in [0.4, 0.5) is 5.69 Å². The molecule has 3 heterocycles. The van der Waals surface area contributed by atoms with Crippen molar-refractivity contribution in [3.63, 3.8) is 0 Å². The molecule has 4 rings (SSSR count). The van der Waals surface area contributed by atoms with Crippen molar-refractivity contribution >= 4 is 11.6 Å². The molecule has 214 valence electrons. The topological polar surface area (TPSA) is 77.9 Å². The maximum atomic E-state index is 13.9. The molecule has 3 atom stereocenters. The van der Waals surface area contributed by atoms with Gasteiger partial charge in [-0.2, -0.15) is 0 Å². The molecule has 1 aromatic heterocycles. The van der Waals surface area contributed by atoms with E-state index in [2.05, 4.69) is 61.1 Å². The van der Waals surface area contributed by atoms with Crippen LogP contribution in [0.3, 0.4) is 0 Å². The standard InChI is InChI=1S/C32H48N4O3/c1-7-9-16-35(17-10-8-2)28-26-19-24(20-34-30(26)39-32(5,6)29(28)37)31(38)36-18-12-15-25(36)21-33-27-22(3)13-11-14-23(27)4/h11,13-14,19-20,25,28-29,33,37H,7-10,12,15-18,21H2,1-6H3/t25-,28+,29-/m0/s1. The first-order chi connectivity index (χ1) is 18.7. The van der Waals surface area contributed by atoms with Crippen molar-refractivity contribution < 1.29 is 14.6 Å². The zero-order valence-corrected chi connectivity index (χ0v) is 24.8. The molecule has 0 unspecified atom stereocenters. The van der Waals surface area contributed by atoms with Crippen LogP contribution in [0.2, 0.25) is 0 Å². The van der Waals surface area contributed by atoms with E-state index < -0.39 is 11.7 Å². The van der Waals surface area contributed by atoms with Crippen LogP contribution in [-0.4, -0.2) is 69.7 Å². The molecule has 1 fully saturated rings. The average Bonchev–Trinajstić information content (AvgIpc) is 3.38. The third-order valence-electron chi connectivity index (χ3n) is 8.44. The Morgan fingerprint density at radius 3 is 2.49 bits per heavy atom. The summed E-state index contributed by atoms with van der Waals surface area (Å²) in [5, 5.41) is 15.1. The highest BCUT2D eigenvalue weighted by Crippen LogP contribution is 2.42. The zero-order valence-electron chi connectivity index (χ0n) is 24.8. The SMILES string of the molecule is CCCCN(CCCC)[C@@H]1c2cc(C(=O)N3CCC[C@H]3CNc3c(C)cccc3C)cnc2OC(C)(C)[C@H]1O. The largest absolute Gasteiger partial charge is 0.469 e.